The summed E-state index contributed by atoms with van der Waals surface area (Å²) in [5.41, 5.74) is 3.11. The van der Waals surface area contributed by atoms with Crippen LogP contribution >= 0.6 is 0 Å². The molecule has 1 aliphatic carbocycles. The molecule has 2 fully saturated rings. The van der Waals surface area contributed by atoms with Crippen molar-refractivity contribution in [3.05, 3.63) is 35.4 Å². The van der Waals surface area contributed by atoms with Crippen molar-refractivity contribution in [1.82, 2.24) is 5.32 Å². The Labute approximate surface area is 127 Å². The Morgan fingerprint density at radius 1 is 1.29 bits per heavy atom. The lowest BCUT2D eigenvalue weighted by molar-refractivity contribution is -0.104. The molecule has 0 aromatic heterocycles. The average molecular weight is 287 g/mol. The third-order valence-electron chi connectivity index (χ3n) is 5.77. The van der Waals surface area contributed by atoms with Gasteiger partial charge in [0.05, 0.1) is 12.2 Å². The molecule has 4 rings (SSSR count). The van der Waals surface area contributed by atoms with Crippen LogP contribution in [0.5, 0.6) is 0 Å². The number of hydrogen-bond acceptors (Lipinski definition) is 3. The lowest BCUT2D eigenvalue weighted by Crippen LogP contribution is -2.50. The van der Waals surface area contributed by atoms with Crippen LogP contribution in [0.25, 0.3) is 0 Å². The standard InChI is InChI=1S/C18H25NO2/c1-19-17(16-10-13-4-2-3-5-15(13)16)14-6-8-21-18(11-14)7-9-20-12-18/h2-5,14,16-17,19H,6-12H2,1H3. The van der Waals surface area contributed by atoms with Crippen molar-refractivity contribution in [3.8, 4) is 0 Å². The highest BCUT2D eigenvalue weighted by molar-refractivity contribution is 5.41. The highest BCUT2D eigenvalue weighted by atomic mass is 16.6. The van der Waals surface area contributed by atoms with Gasteiger partial charge in [-0.1, -0.05) is 24.3 Å². The lowest BCUT2D eigenvalue weighted by atomic mass is 9.67. The van der Waals surface area contributed by atoms with E-state index in [1.54, 1.807) is 5.56 Å². The van der Waals surface area contributed by atoms with Crippen LogP contribution in [-0.4, -0.2) is 38.5 Å². The summed E-state index contributed by atoms with van der Waals surface area (Å²) in [6.07, 6.45) is 4.62. The number of benzene rings is 1. The van der Waals surface area contributed by atoms with Gasteiger partial charge in [-0.25, -0.2) is 0 Å². The molecule has 0 amide bonds. The molecule has 0 radical (unpaired) electrons. The largest absolute Gasteiger partial charge is 0.378 e. The third kappa shape index (κ3) is 2.32. The van der Waals surface area contributed by atoms with Gasteiger partial charge in [0.2, 0.25) is 0 Å². The van der Waals surface area contributed by atoms with Crippen LogP contribution in [0, 0.1) is 5.92 Å². The summed E-state index contributed by atoms with van der Waals surface area (Å²) in [6.45, 7) is 2.55. The molecule has 2 heterocycles. The fraction of sp³-hybridized carbons (Fsp3) is 0.667. The Kier molecular flexibility index (Phi) is 3.52. The Bertz CT molecular complexity index is 510. The Balaban J connectivity index is 1.51. The summed E-state index contributed by atoms with van der Waals surface area (Å²) >= 11 is 0. The second-order valence-corrected chi connectivity index (χ2v) is 6.91. The number of nitrogens with one attached hydrogen (secondary N) is 1. The Morgan fingerprint density at radius 2 is 2.19 bits per heavy atom. The van der Waals surface area contributed by atoms with Crippen molar-refractivity contribution >= 4 is 0 Å². The van der Waals surface area contributed by atoms with Crippen molar-refractivity contribution in [1.29, 1.82) is 0 Å². The van der Waals surface area contributed by atoms with Crippen LogP contribution in [0.4, 0.5) is 0 Å². The minimum Gasteiger partial charge on any atom is -0.378 e. The molecule has 1 N–H and O–H groups in total. The summed E-state index contributed by atoms with van der Waals surface area (Å²) in [5.74, 6) is 1.37. The highest BCUT2D eigenvalue weighted by Crippen LogP contribution is 2.44. The lowest BCUT2D eigenvalue weighted by Gasteiger charge is -2.45. The number of rotatable bonds is 3. The van der Waals surface area contributed by atoms with Crippen LogP contribution in [0.15, 0.2) is 24.3 Å². The van der Waals surface area contributed by atoms with Gasteiger partial charge in [0, 0.05) is 31.6 Å². The molecule has 114 valence electrons. The van der Waals surface area contributed by atoms with E-state index in [1.807, 2.05) is 0 Å². The van der Waals surface area contributed by atoms with E-state index in [9.17, 15) is 0 Å². The number of hydrogen-bond donors (Lipinski definition) is 1. The molecule has 3 aliphatic rings. The first-order chi connectivity index (χ1) is 10.3. The molecule has 1 spiro atoms. The van der Waals surface area contributed by atoms with Crippen molar-refractivity contribution < 1.29 is 9.47 Å². The SMILES string of the molecule is CNC(C1CCOC2(CCOC2)C1)C1Cc2ccccc21. The van der Waals surface area contributed by atoms with E-state index >= 15 is 0 Å². The zero-order valence-corrected chi connectivity index (χ0v) is 12.8. The van der Waals surface area contributed by atoms with E-state index < -0.39 is 0 Å². The minimum atomic E-state index is 0.0152. The molecule has 3 heteroatoms. The van der Waals surface area contributed by atoms with Crippen LogP contribution in [0.2, 0.25) is 0 Å². The summed E-state index contributed by atoms with van der Waals surface area (Å²) in [7, 11) is 2.12. The van der Waals surface area contributed by atoms with Gasteiger partial charge in [-0.05, 0) is 43.4 Å². The van der Waals surface area contributed by atoms with Gasteiger partial charge in [-0.2, -0.15) is 0 Å². The summed E-state index contributed by atoms with van der Waals surface area (Å²) in [6, 6.07) is 9.48. The van der Waals surface area contributed by atoms with E-state index in [-0.39, 0.29) is 5.60 Å². The first-order valence-corrected chi connectivity index (χ1v) is 8.28. The first-order valence-electron chi connectivity index (χ1n) is 8.28. The molecular formula is C18H25NO2. The maximum Gasteiger partial charge on any atom is 0.0939 e. The van der Waals surface area contributed by atoms with E-state index in [4.69, 9.17) is 9.47 Å². The van der Waals surface area contributed by atoms with Crippen LogP contribution in [-0.2, 0) is 15.9 Å². The van der Waals surface area contributed by atoms with Crippen molar-refractivity contribution in [2.75, 3.05) is 26.9 Å². The molecule has 1 aromatic carbocycles. The summed E-state index contributed by atoms with van der Waals surface area (Å²) in [4.78, 5) is 0. The maximum absolute atomic E-state index is 6.10. The fourth-order valence-corrected chi connectivity index (χ4v) is 4.62. The second-order valence-electron chi connectivity index (χ2n) is 6.91. The van der Waals surface area contributed by atoms with Crippen LogP contribution in [0.1, 0.15) is 36.3 Å². The Hall–Kier alpha value is -0.900. The quantitative estimate of drug-likeness (QED) is 0.926. The number of likely N-dealkylation sites (N-methyl/N-ethyl adjacent to an activating group) is 1. The van der Waals surface area contributed by atoms with Crippen molar-refractivity contribution in [2.24, 2.45) is 5.92 Å². The minimum absolute atomic E-state index is 0.0152. The first kappa shape index (κ1) is 13.7. The summed E-state index contributed by atoms with van der Waals surface area (Å²) < 4.78 is 11.7. The average Bonchev–Trinajstić information content (AvgIpc) is 2.92. The Morgan fingerprint density at radius 3 is 2.95 bits per heavy atom. The molecule has 4 atom stereocenters. The maximum atomic E-state index is 6.10. The van der Waals surface area contributed by atoms with E-state index in [0.717, 1.165) is 32.7 Å². The van der Waals surface area contributed by atoms with Gasteiger partial charge in [0.15, 0.2) is 0 Å². The topological polar surface area (TPSA) is 30.5 Å². The van der Waals surface area contributed by atoms with E-state index in [0.29, 0.717) is 17.9 Å². The molecule has 2 saturated heterocycles. The predicted molar refractivity (Wildman–Crippen MR) is 82.6 cm³/mol. The molecule has 21 heavy (non-hydrogen) atoms. The molecule has 2 aliphatic heterocycles. The molecule has 0 bridgehead atoms. The third-order valence-corrected chi connectivity index (χ3v) is 5.77. The fourth-order valence-electron chi connectivity index (χ4n) is 4.62. The zero-order valence-electron chi connectivity index (χ0n) is 12.8. The molecule has 1 aromatic rings. The van der Waals surface area contributed by atoms with Crippen LogP contribution < -0.4 is 5.32 Å². The van der Waals surface area contributed by atoms with Crippen molar-refractivity contribution in [2.45, 2.75) is 43.2 Å². The van der Waals surface area contributed by atoms with Gasteiger partial charge < -0.3 is 14.8 Å². The number of ether oxygens (including phenoxy) is 2. The predicted octanol–water partition coefficient (Wildman–Crippen LogP) is 2.50. The second kappa shape index (κ2) is 5.38. The number of fused-ring (bicyclic) bond motifs is 1. The monoisotopic (exact) mass is 287 g/mol. The van der Waals surface area contributed by atoms with E-state index in [1.165, 1.54) is 18.4 Å². The van der Waals surface area contributed by atoms with Gasteiger partial charge in [0.25, 0.3) is 0 Å². The smallest absolute Gasteiger partial charge is 0.0939 e. The molecule has 3 nitrogen and oxygen atoms in total. The molecular weight excluding hydrogens is 262 g/mol. The molecule has 0 saturated carbocycles. The van der Waals surface area contributed by atoms with Gasteiger partial charge in [-0.15, -0.1) is 0 Å². The zero-order chi connectivity index (χ0) is 14.3. The van der Waals surface area contributed by atoms with Crippen LogP contribution in [0.3, 0.4) is 0 Å². The molecule has 4 unspecified atom stereocenters. The van der Waals surface area contributed by atoms with Crippen molar-refractivity contribution in [3.63, 3.8) is 0 Å². The highest BCUT2D eigenvalue weighted by Gasteiger charge is 2.45. The summed E-state index contributed by atoms with van der Waals surface area (Å²) in [5, 5.41) is 3.62. The van der Waals surface area contributed by atoms with Gasteiger partial charge in [-0.3, -0.25) is 0 Å². The van der Waals surface area contributed by atoms with Gasteiger partial charge >= 0.3 is 0 Å². The van der Waals surface area contributed by atoms with Gasteiger partial charge in [0.1, 0.15) is 0 Å². The van der Waals surface area contributed by atoms with E-state index in [2.05, 4.69) is 36.6 Å². The normalized spacial score (nSPS) is 36.2.